The Kier molecular flexibility index (Phi) is 6.37. The van der Waals surface area contributed by atoms with Gasteiger partial charge in [0.2, 0.25) is 10.0 Å². The topological polar surface area (TPSA) is 84.2 Å². The van der Waals surface area contributed by atoms with Crippen LogP contribution in [0.15, 0.2) is 4.90 Å². The summed E-state index contributed by atoms with van der Waals surface area (Å²) in [6.45, 7) is 10.0. The van der Waals surface area contributed by atoms with Gasteiger partial charge < -0.3 is 5.11 Å². The fraction of sp³-hybridized carbons (Fsp3) is 0.786. The van der Waals surface area contributed by atoms with Gasteiger partial charge in [-0.05, 0) is 39.5 Å². The number of aromatic nitrogens is 2. The van der Waals surface area contributed by atoms with Crippen LogP contribution in [0.2, 0.25) is 0 Å². The highest BCUT2D eigenvalue weighted by Gasteiger charge is 2.26. The van der Waals surface area contributed by atoms with Crippen molar-refractivity contribution in [3.8, 4) is 0 Å². The molecule has 0 aromatic carbocycles. The minimum Gasteiger partial charge on any atom is -0.396 e. The molecule has 2 N–H and O–H groups in total. The zero-order chi connectivity index (χ0) is 16.2. The Hall–Kier alpha value is -0.920. The van der Waals surface area contributed by atoms with Crippen LogP contribution in [0.5, 0.6) is 0 Å². The lowest BCUT2D eigenvalue weighted by atomic mass is 10.1. The SMILES string of the molecule is Cc1nn(CCCO)c(C)c1S(=O)(=O)NC(C)CC(C)C. The summed E-state index contributed by atoms with van der Waals surface area (Å²) in [4.78, 5) is 0.260. The number of nitrogens with zero attached hydrogens (tertiary/aromatic N) is 2. The molecule has 0 aliphatic carbocycles. The molecule has 6 nitrogen and oxygen atoms in total. The van der Waals surface area contributed by atoms with E-state index in [9.17, 15) is 8.42 Å². The minimum atomic E-state index is -3.57. The van der Waals surface area contributed by atoms with Crippen LogP contribution in [0.1, 0.15) is 45.0 Å². The summed E-state index contributed by atoms with van der Waals surface area (Å²) < 4.78 is 29.4. The van der Waals surface area contributed by atoms with Gasteiger partial charge >= 0.3 is 0 Å². The predicted molar refractivity (Wildman–Crippen MR) is 82.6 cm³/mol. The Labute approximate surface area is 127 Å². The molecular weight excluding hydrogens is 290 g/mol. The first-order valence-electron chi connectivity index (χ1n) is 7.36. The standard InChI is InChI=1S/C14H27N3O3S/c1-10(2)9-11(3)16-21(19,20)14-12(4)15-17(13(14)5)7-6-8-18/h10-11,16,18H,6-9H2,1-5H3. The molecule has 1 atom stereocenters. The van der Waals surface area contributed by atoms with Gasteiger partial charge in [0, 0.05) is 19.2 Å². The first-order chi connectivity index (χ1) is 9.69. The second-order valence-electron chi connectivity index (χ2n) is 5.95. The first kappa shape index (κ1) is 18.1. The highest BCUT2D eigenvalue weighted by Crippen LogP contribution is 2.20. The van der Waals surface area contributed by atoms with E-state index in [1.54, 1.807) is 18.5 Å². The van der Waals surface area contributed by atoms with Crippen LogP contribution in [-0.4, -0.2) is 36.0 Å². The van der Waals surface area contributed by atoms with E-state index in [0.29, 0.717) is 30.3 Å². The van der Waals surface area contributed by atoms with Crippen molar-refractivity contribution >= 4 is 10.0 Å². The number of aliphatic hydroxyl groups is 1. The summed E-state index contributed by atoms with van der Waals surface area (Å²) in [7, 11) is -3.57. The third kappa shape index (κ3) is 4.79. The van der Waals surface area contributed by atoms with Crippen molar-refractivity contribution in [1.82, 2.24) is 14.5 Å². The Morgan fingerprint density at radius 3 is 2.43 bits per heavy atom. The molecule has 21 heavy (non-hydrogen) atoms. The highest BCUT2D eigenvalue weighted by atomic mass is 32.2. The molecular formula is C14H27N3O3S. The smallest absolute Gasteiger partial charge is 0.244 e. The lowest BCUT2D eigenvalue weighted by molar-refractivity contribution is 0.276. The average Bonchev–Trinajstić information content (AvgIpc) is 2.60. The van der Waals surface area contributed by atoms with E-state index >= 15 is 0 Å². The maximum atomic E-state index is 12.5. The maximum absolute atomic E-state index is 12.5. The first-order valence-corrected chi connectivity index (χ1v) is 8.84. The second-order valence-corrected chi connectivity index (χ2v) is 7.60. The van der Waals surface area contributed by atoms with Crippen molar-refractivity contribution in [2.75, 3.05) is 6.61 Å². The molecule has 0 radical (unpaired) electrons. The van der Waals surface area contributed by atoms with Crippen LogP contribution < -0.4 is 4.72 Å². The van der Waals surface area contributed by atoms with E-state index in [2.05, 4.69) is 23.7 Å². The minimum absolute atomic E-state index is 0.0596. The van der Waals surface area contributed by atoms with Gasteiger partial charge in [-0.25, -0.2) is 13.1 Å². The molecule has 0 spiro atoms. The van der Waals surface area contributed by atoms with Crippen LogP contribution in [0.3, 0.4) is 0 Å². The van der Waals surface area contributed by atoms with E-state index in [4.69, 9.17) is 5.11 Å². The molecule has 0 saturated carbocycles. The lowest BCUT2D eigenvalue weighted by Crippen LogP contribution is -2.34. The summed E-state index contributed by atoms with van der Waals surface area (Å²) in [6, 6.07) is -0.116. The zero-order valence-corrected chi connectivity index (χ0v) is 14.4. The number of aliphatic hydroxyl groups excluding tert-OH is 1. The molecule has 0 aliphatic rings. The quantitative estimate of drug-likeness (QED) is 0.762. The average molecular weight is 317 g/mol. The van der Waals surface area contributed by atoms with Gasteiger partial charge in [-0.3, -0.25) is 4.68 Å². The molecule has 0 saturated heterocycles. The van der Waals surface area contributed by atoms with Crippen molar-refractivity contribution < 1.29 is 13.5 Å². The largest absolute Gasteiger partial charge is 0.396 e. The fourth-order valence-electron chi connectivity index (χ4n) is 2.59. The summed E-state index contributed by atoms with van der Waals surface area (Å²) in [5.41, 5.74) is 1.11. The molecule has 1 aromatic heterocycles. The highest BCUT2D eigenvalue weighted by molar-refractivity contribution is 7.89. The molecule has 0 amide bonds. The Morgan fingerprint density at radius 2 is 1.90 bits per heavy atom. The molecule has 122 valence electrons. The summed E-state index contributed by atoms with van der Waals surface area (Å²) in [5.74, 6) is 0.428. The number of hydrogen-bond donors (Lipinski definition) is 2. The molecule has 1 heterocycles. The molecule has 1 aromatic rings. The molecule has 0 aliphatic heterocycles. The normalized spacial score (nSPS) is 13.9. The number of hydrogen-bond acceptors (Lipinski definition) is 4. The van der Waals surface area contributed by atoms with Gasteiger partial charge in [0.25, 0.3) is 0 Å². The van der Waals surface area contributed by atoms with Gasteiger partial charge in [-0.1, -0.05) is 13.8 Å². The Balaban J connectivity index is 3.00. The fourth-order valence-corrected chi connectivity index (χ4v) is 4.25. The van der Waals surface area contributed by atoms with Crippen LogP contribution in [0.4, 0.5) is 0 Å². The second kappa shape index (κ2) is 7.38. The lowest BCUT2D eigenvalue weighted by Gasteiger charge is -2.16. The van der Waals surface area contributed by atoms with E-state index in [-0.39, 0.29) is 17.5 Å². The Bertz CT molecular complexity index is 564. The Morgan fingerprint density at radius 1 is 1.29 bits per heavy atom. The van der Waals surface area contributed by atoms with Gasteiger partial charge in [-0.2, -0.15) is 5.10 Å². The van der Waals surface area contributed by atoms with Crippen molar-refractivity contribution in [2.24, 2.45) is 5.92 Å². The van der Waals surface area contributed by atoms with E-state index in [1.807, 2.05) is 6.92 Å². The summed E-state index contributed by atoms with van der Waals surface area (Å²) >= 11 is 0. The van der Waals surface area contributed by atoms with Gasteiger partial charge in [0.15, 0.2) is 0 Å². The number of nitrogens with one attached hydrogen (secondary N) is 1. The third-order valence-corrected chi connectivity index (χ3v) is 5.13. The van der Waals surface area contributed by atoms with Crippen molar-refractivity contribution in [3.63, 3.8) is 0 Å². The van der Waals surface area contributed by atoms with E-state index in [0.717, 1.165) is 6.42 Å². The number of rotatable bonds is 8. The van der Waals surface area contributed by atoms with Gasteiger partial charge in [0.1, 0.15) is 4.90 Å². The predicted octanol–water partition coefficient (Wildman–Crippen LogP) is 1.60. The van der Waals surface area contributed by atoms with Crippen molar-refractivity contribution in [1.29, 1.82) is 0 Å². The summed E-state index contributed by atoms with van der Waals surface area (Å²) in [6.07, 6.45) is 1.34. The molecule has 7 heteroatoms. The van der Waals surface area contributed by atoms with Crippen molar-refractivity contribution in [2.45, 2.75) is 64.9 Å². The monoisotopic (exact) mass is 317 g/mol. The van der Waals surface area contributed by atoms with Crippen LogP contribution >= 0.6 is 0 Å². The number of sulfonamides is 1. The van der Waals surface area contributed by atoms with Crippen molar-refractivity contribution in [3.05, 3.63) is 11.4 Å². The third-order valence-electron chi connectivity index (χ3n) is 3.29. The van der Waals surface area contributed by atoms with Crippen LogP contribution in [0, 0.1) is 19.8 Å². The molecule has 1 rings (SSSR count). The van der Waals surface area contributed by atoms with Gasteiger partial charge in [-0.15, -0.1) is 0 Å². The summed E-state index contributed by atoms with van der Waals surface area (Å²) in [5, 5.41) is 13.2. The van der Waals surface area contributed by atoms with Crippen LogP contribution in [-0.2, 0) is 16.6 Å². The van der Waals surface area contributed by atoms with E-state index < -0.39 is 10.0 Å². The van der Waals surface area contributed by atoms with Crippen LogP contribution in [0.25, 0.3) is 0 Å². The molecule has 1 unspecified atom stereocenters. The zero-order valence-electron chi connectivity index (χ0n) is 13.5. The molecule has 0 bridgehead atoms. The van der Waals surface area contributed by atoms with Gasteiger partial charge in [0.05, 0.1) is 11.4 Å². The van der Waals surface area contributed by atoms with E-state index in [1.165, 1.54) is 0 Å². The molecule has 0 fully saturated rings. The maximum Gasteiger partial charge on any atom is 0.244 e. The number of aryl methyl sites for hydroxylation is 2.